The lowest BCUT2D eigenvalue weighted by atomic mass is 9.95. The molecule has 17 nitrogen and oxygen atoms in total. The third-order valence-corrected chi connectivity index (χ3v) is 11.9. The number of carbonyl (C=O) groups excluding carboxylic acids is 8. The van der Waals surface area contributed by atoms with Crippen molar-refractivity contribution in [2.45, 2.75) is 127 Å². The first-order valence-electron chi connectivity index (χ1n) is 19.9. The van der Waals surface area contributed by atoms with Gasteiger partial charge in [0.15, 0.2) is 0 Å². The number of nitrogens with zero attached hydrogens (tertiary/aromatic N) is 4. The van der Waals surface area contributed by atoms with Gasteiger partial charge in [0.05, 0.1) is 5.92 Å². The summed E-state index contributed by atoms with van der Waals surface area (Å²) in [6.07, 6.45) is 9.21. The van der Waals surface area contributed by atoms with Crippen LogP contribution in [0.5, 0.6) is 0 Å². The molecule has 2 saturated carbocycles. The highest BCUT2D eigenvalue weighted by Gasteiger charge is 2.43. The van der Waals surface area contributed by atoms with E-state index in [1.165, 1.54) is 61.6 Å². The van der Waals surface area contributed by atoms with Crippen LogP contribution >= 0.6 is 0 Å². The fraction of sp³-hybridized carbons (Fsp3) is 0.744. The normalized spacial score (nSPS) is 33.2. The summed E-state index contributed by atoms with van der Waals surface area (Å²) in [6, 6.07) is -7.96. The van der Waals surface area contributed by atoms with Crippen LogP contribution in [0, 0.1) is 17.8 Å². The number of amides is 6. The fourth-order valence-corrected chi connectivity index (χ4v) is 8.34. The van der Waals surface area contributed by atoms with Gasteiger partial charge in [0.1, 0.15) is 55.5 Å². The van der Waals surface area contributed by atoms with Gasteiger partial charge in [-0.1, -0.05) is 44.8 Å². The second-order valence-corrected chi connectivity index (χ2v) is 16.0. The van der Waals surface area contributed by atoms with E-state index in [0.717, 1.165) is 25.7 Å². The Morgan fingerprint density at radius 1 is 0.554 bits per heavy atom. The predicted molar refractivity (Wildman–Crippen MR) is 203 cm³/mol. The van der Waals surface area contributed by atoms with Crippen molar-refractivity contribution in [3.05, 3.63) is 12.2 Å². The van der Waals surface area contributed by atoms with Crippen LogP contribution in [-0.2, 0) is 47.8 Å². The molecule has 6 amide bonds. The molecule has 0 spiro atoms. The summed E-state index contributed by atoms with van der Waals surface area (Å²) >= 11 is 0. The van der Waals surface area contributed by atoms with E-state index in [2.05, 4.69) is 10.6 Å². The van der Waals surface area contributed by atoms with Gasteiger partial charge in [-0.2, -0.15) is 0 Å². The molecule has 56 heavy (non-hydrogen) atoms. The number of fused-ring (bicyclic) bond motifs is 4. The van der Waals surface area contributed by atoms with Crippen LogP contribution < -0.4 is 16.4 Å². The summed E-state index contributed by atoms with van der Waals surface area (Å²) in [5, 5.41) is 5.24. The largest absolute Gasteiger partial charge is 0.463 e. The number of nitrogens with two attached hydrogens (primary N) is 1. The van der Waals surface area contributed by atoms with Crippen LogP contribution in [0.1, 0.15) is 85.0 Å². The Hall–Kier alpha value is -4.54. The van der Waals surface area contributed by atoms with E-state index in [-0.39, 0.29) is 31.3 Å². The van der Waals surface area contributed by atoms with Gasteiger partial charge in [0, 0.05) is 28.2 Å². The third-order valence-electron chi connectivity index (χ3n) is 11.9. The average Bonchev–Trinajstić information content (AvgIpc) is 3.91. The number of cyclic esters (lactones) is 2. The molecule has 0 aromatic rings. The Labute approximate surface area is 329 Å². The number of rotatable bonds is 2. The minimum atomic E-state index is -1.36. The first kappa shape index (κ1) is 44.2. The molecule has 2 heterocycles. The van der Waals surface area contributed by atoms with Crippen LogP contribution in [0.4, 0.5) is 0 Å². The molecule has 312 valence electrons. The van der Waals surface area contributed by atoms with Crippen molar-refractivity contribution in [2.24, 2.45) is 23.5 Å². The van der Waals surface area contributed by atoms with Gasteiger partial charge < -0.3 is 45.4 Å². The van der Waals surface area contributed by atoms with Gasteiger partial charge in [0.2, 0.25) is 35.4 Å². The molecule has 2 fully saturated rings. The van der Waals surface area contributed by atoms with Gasteiger partial charge in [-0.3, -0.25) is 28.8 Å². The Bertz CT molecular complexity index is 1420. The van der Waals surface area contributed by atoms with E-state index in [0.29, 0.717) is 25.7 Å². The average molecular weight is 788 g/mol. The molecule has 0 saturated heterocycles. The maximum absolute atomic E-state index is 14.5. The van der Waals surface area contributed by atoms with E-state index in [1.54, 1.807) is 19.1 Å². The Morgan fingerprint density at radius 2 is 0.929 bits per heavy atom. The number of ether oxygens (including phenoxy) is 2. The molecule has 2 aliphatic carbocycles. The zero-order valence-corrected chi connectivity index (χ0v) is 33.9. The third kappa shape index (κ3) is 10.2. The summed E-state index contributed by atoms with van der Waals surface area (Å²) in [4.78, 5) is 116. The number of carbonyl (C=O) groups is 8. The lowest BCUT2D eigenvalue weighted by Gasteiger charge is -2.37. The van der Waals surface area contributed by atoms with Crippen molar-refractivity contribution >= 4 is 47.4 Å². The Kier molecular flexibility index (Phi) is 15.4. The highest BCUT2D eigenvalue weighted by Crippen LogP contribution is 2.33. The topological polar surface area (TPSA) is 218 Å². The minimum Gasteiger partial charge on any atom is -0.463 e. The predicted octanol–water partition coefficient (Wildman–Crippen LogP) is 0.0976. The molecule has 4 aliphatic rings. The number of esters is 2. The lowest BCUT2D eigenvalue weighted by Crippen LogP contribution is -2.59. The second-order valence-electron chi connectivity index (χ2n) is 16.0. The van der Waals surface area contributed by atoms with E-state index < -0.39 is 102 Å². The highest BCUT2D eigenvalue weighted by atomic mass is 16.5. The molecule has 2 bridgehead atoms. The maximum Gasteiger partial charge on any atom is 0.329 e. The van der Waals surface area contributed by atoms with E-state index >= 15 is 0 Å². The molecule has 4 rings (SSSR count). The fourth-order valence-electron chi connectivity index (χ4n) is 8.34. The molecule has 0 aromatic heterocycles. The van der Waals surface area contributed by atoms with Crippen molar-refractivity contribution in [3.63, 3.8) is 0 Å². The summed E-state index contributed by atoms with van der Waals surface area (Å²) in [6.45, 7) is 3.64. The minimum absolute atomic E-state index is 0.0440. The molecule has 0 aromatic carbocycles. The SMILES string of the molecule is CC1COC(=O)C(C2CCCC2)N(C)C(=O)[C@@H]2C/C=C\C[C@@H](C(=O)N(C)C(C3CCCC3)C(=O)OCC(N)C(=O)NC(C)C(=O)N2C)N(C)C(=O)C(C)NC1=O. The van der Waals surface area contributed by atoms with Crippen molar-refractivity contribution < 1.29 is 47.8 Å². The highest BCUT2D eigenvalue weighted by molar-refractivity contribution is 5.95. The van der Waals surface area contributed by atoms with Crippen molar-refractivity contribution in [1.29, 1.82) is 0 Å². The van der Waals surface area contributed by atoms with Gasteiger partial charge >= 0.3 is 11.9 Å². The first-order chi connectivity index (χ1) is 26.5. The Balaban J connectivity index is 1.83. The van der Waals surface area contributed by atoms with Crippen LogP contribution in [-0.4, -0.2) is 151 Å². The van der Waals surface area contributed by atoms with Gasteiger partial charge in [-0.15, -0.1) is 0 Å². The quantitative estimate of drug-likeness (QED) is 0.252. The lowest BCUT2D eigenvalue weighted by molar-refractivity contribution is -0.161. The molecule has 0 radical (unpaired) electrons. The number of hydrogen-bond acceptors (Lipinski definition) is 11. The molecule has 6 unspecified atom stereocenters. The molecule has 4 N–H and O–H groups in total. The molecule has 8 atom stereocenters. The van der Waals surface area contributed by atoms with E-state index in [1.807, 2.05) is 0 Å². The summed E-state index contributed by atoms with van der Waals surface area (Å²) in [7, 11) is 5.83. The van der Waals surface area contributed by atoms with E-state index in [4.69, 9.17) is 15.2 Å². The second kappa shape index (κ2) is 19.6. The monoisotopic (exact) mass is 787 g/mol. The van der Waals surface area contributed by atoms with Gasteiger partial charge in [-0.05, 0) is 64.2 Å². The zero-order chi connectivity index (χ0) is 41.4. The number of nitrogens with one attached hydrogen (secondary N) is 2. The van der Waals surface area contributed by atoms with E-state index in [9.17, 15) is 38.4 Å². The van der Waals surface area contributed by atoms with Gasteiger partial charge in [-0.25, -0.2) is 9.59 Å². The molecular weight excluding hydrogens is 726 g/mol. The summed E-state index contributed by atoms with van der Waals surface area (Å²) in [5.74, 6) is -6.42. The smallest absolute Gasteiger partial charge is 0.329 e. The van der Waals surface area contributed by atoms with Crippen molar-refractivity contribution in [1.82, 2.24) is 30.2 Å². The summed E-state index contributed by atoms with van der Waals surface area (Å²) in [5.41, 5.74) is 6.13. The van der Waals surface area contributed by atoms with Crippen LogP contribution in [0.2, 0.25) is 0 Å². The first-order valence-corrected chi connectivity index (χ1v) is 19.9. The van der Waals surface area contributed by atoms with Crippen molar-refractivity contribution in [3.8, 4) is 0 Å². The standard InChI is InChI=1S/C39H61N7O10/c1-22-20-55-38(53)30(25-14-8-9-15-25)45(6)36(51)29-19-13-12-18-28(43(4)34(49)23(2)41-32(22)47)37(52)46(7)31(26-16-10-11-17-26)39(54)56-21-27(40)33(48)42-24(3)35(50)44(29)5/h12-13,22-31H,8-11,14-21,40H2,1-7H3,(H,41,47)(H,42,48)/b13-12-/t22?,23?,24?,27?,28-,29-,30?,31?/m0/s1. The van der Waals surface area contributed by atoms with Crippen LogP contribution in [0.15, 0.2) is 12.2 Å². The summed E-state index contributed by atoms with van der Waals surface area (Å²) < 4.78 is 11.2. The Morgan fingerprint density at radius 3 is 1.34 bits per heavy atom. The zero-order valence-electron chi connectivity index (χ0n) is 33.9. The number of hydrogen-bond donors (Lipinski definition) is 3. The van der Waals surface area contributed by atoms with Gasteiger partial charge in [0.25, 0.3) is 0 Å². The maximum atomic E-state index is 14.5. The molecule has 2 aliphatic heterocycles. The van der Waals surface area contributed by atoms with Crippen molar-refractivity contribution in [2.75, 3.05) is 41.4 Å². The molecular formula is C39H61N7O10. The van der Waals surface area contributed by atoms with Crippen LogP contribution in [0.3, 0.4) is 0 Å². The molecule has 17 heteroatoms. The number of likely N-dealkylation sites (N-methyl/N-ethyl adjacent to an activating group) is 4. The van der Waals surface area contributed by atoms with Crippen LogP contribution in [0.25, 0.3) is 0 Å².